The fourth-order valence-electron chi connectivity index (χ4n) is 4.52. The van der Waals surface area contributed by atoms with Gasteiger partial charge in [0.2, 0.25) is 0 Å². The number of amidine groups is 1. The van der Waals surface area contributed by atoms with E-state index in [2.05, 4.69) is 15.4 Å². The van der Waals surface area contributed by atoms with Gasteiger partial charge in [0.15, 0.2) is 5.17 Å². The molecule has 2 aliphatic heterocycles. The number of likely N-dealkylation sites (tertiary alicyclic amines) is 1. The second kappa shape index (κ2) is 10.9. The Morgan fingerprint density at radius 2 is 1.79 bits per heavy atom. The summed E-state index contributed by atoms with van der Waals surface area (Å²) < 4.78 is 86.4. The standard InChI is InChI=1S/C28H25F6N5O3S/c1-26(2,3)42-25(41)36-19-13-38(14-19)24-37-23(40)22(43-24)9-15-4-7-21-17(8-15)11-35-39(21)12-16-5-6-18(27(29,30)31)10-20(16)28(32,33)34/h4-11,19H,12-14H2,1-3H3,(H,36,41). The molecule has 0 unspecified atom stereocenters. The molecule has 8 nitrogen and oxygen atoms in total. The van der Waals surface area contributed by atoms with Gasteiger partial charge in [-0.1, -0.05) is 12.1 Å². The van der Waals surface area contributed by atoms with Gasteiger partial charge in [-0.05, 0) is 74.0 Å². The molecule has 0 spiro atoms. The van der Waals surface area contributed by atoms with Crippen LogP contribution < -0.4 is 5.32 Å². The maximum Gasteiger partial charge on any atom is 0.416 e. The Balaban J connectivity index is 1.26. The number of hydrogen-bond acceptors (Lipinski definition) is 6. The zero-order valence-electron chi connectivity index (χ0n) is 23.0. The van der Waals surface area contributed by atoms with Crippen LogP contribution in [0, 0.1) is 0 Å². The number of carbonyl (C=O) groups is 2. The summed E-state index contributed by atoms with van der Waals surface area (Å²) in [5.74, 6) is -0.429. The molecule has 0 saturated carbocycles. The molecule has 0 bridgehead atoms. The summed E-state index contributed by atoms with van der Waals surface area (Å²) in [5.41, 5.74) is -2.66. The number of alkyl carbamates (subject to hydrolysis) is 1. The first-order valence-electron chi connectivity index (χ1n) is 13.0. The summed E-state index contributed by atoms with van der Waals surface area (Å²) in [5, 5.41) is 7.97. The highest BCUT2D eigenvalue weighted by atomic mass is 32.2. The molecule has 0 radical (unpaired) electrons. The van der Waals surface area contributed by atoms with Crippen LogP contribution in [0.15, 0.2) is 52.5 Å². The fourth-order valence-corrected chi connectivity index (χ4v) is 5.45. The number of nitrogens with zero attached hydrogens (tertiary/aromatic N) is 4. The van der Waals surface area contributed by atoms with Crippen molar-refractivity contribution in [2.24, 2.45) is 4.99 Å². The van der Waals surface area contributed by atoms with Crippen molar-refractivity contribution in [3.8, 4) is 0 Å². The van der Waals surface area contributed by atoms with Gasteiger partial charge in [0, 0.05) is 18.5 Å². The average Bonchev–Trinajstić information content (AvgIpc) is 3.41. The van der Waals surface area contributed by atoms with Gasteiger partial charge in [-0.2, -0.15) is 36.4 Å². The van der Waals surface area contributed by atoms with E-state index in [4.69, 9.17) is 4.74 Å². The first-order valence-corrected chi connectivity index (χ1v) is 13.8. The molecule has 5 rings (SSSR count). The van der Waals surface area contributed by atoms with E-state index in [9.17, 15) is 35.9 Å². The number of hydrogen-bond donors (Lipinski definition) is 1. The number of nitrogens with one attached hydrogen (secondary N) is 1. The highest BCUT2D eigenvalue weighted by molar-refractivity contribution is 8.18. The fraction of sp³-hybridized carbons (Fsp3) is 0.357. The van der Waals surface area contributed by atoms with E-state index in [0.717, 1.165) is 6.07 Å². The number of benzene rings is 2. The molecule has 2 aromatic carbocycles. The van der Waals surface area contributed by atoms with Crippen LogP contribution in [-0.4, -0.2) is 56.6 Å². The second-order valence-electron chi connectivity index (χ2n) is 11.0. The Morgan fingerprint density at radius 3 is 2.44 bits per heavy atom. The molecular weight excluding hydrogens is 600 g/mol. The predicted molar refractivity (Wildman–Crippen MR) is 148 cm³/mol. The summed E-state index contributed by atoms with van der Waals surface area (Å²) in [7, 11) is 0. The molecule has 2 amide bonds. The third kappa shape index (κ3) is 6.98. The molecule has 3 aromatic rings. The minimum Gasteiger partial charge on any atom is -0.444 e. The summed E-state index contributed by atoms with van der Waals surface area (Å²) in [6, 6.07) is 6.35. The summed E-state index contributed by atoms with van der Waals surface area (Å²) >= 11 is 1.18. The minimum atomic E-state index is -4.99. The number of alkyl halides is 6. The van der Waals surface area contributed by atoms with Gasteiger partial charge < -0.3 is 15.0 Å². The smallest absolute Gasteiger partial charge is 0.416 e. The van der Waals surface area contributed by atoms with Crippen molar-refractivity contribution in [2.75, 3.05) is 13.1 Å². The van der Waals surface area contributed by atoms with Crippen molar-refractivity contribution in [1.82, 2.24) is 20.0 Å². The van der Waals surface area contributed by atoms with E-state index in [1.54, 1.807) is 45.0 Å². The number of ether oxygens (including phenoxy) is 1. The van der Waals surface area contributed by atoms with E-state index in [-0.39, 0.29) is 17.7 Å². The molecule has 1 saturated heterocycles. The molecule has 0 aliphatic carbocycles. The number of halogens is 6. The van der Waals surface area contributed by atoms with Crippen LogP contribution in [-0.2, 0) is 28.4 Å². The molecule has 2 aliphatic rings. The van der Waals surface area contributed by atoms with Crippen molar-refractivity contribution >= 4 is 45.9 Å². The largest absolute Gasteiger partial charge is 0.444 e. The first kappa shape index (κ1) is 30.4. The van der Waals surface area contributed by atoms with E-state index in [0.29, 0.717) is 45.7 Å². The Bertz CT molecular complexity index is 1650. The lowest BCUT2D eigenvalue weighted by molar-refractivity contribution is -0.143. The quantitative estimate of drug-likeness (QED) is 0.271. The monoisotopic (exact) mass is 625 g/mol. The lowest BCUT2D eigenvalue weighted by Gasteiger charge is -2.40. The molecular formula is C28H25F6N5O3S. The van der Waals surface area contributed by atoms with E-state index < -0.39 is 47.6 Å². The zero-order chi connectivity index (χ0) is 31.3. The Labute approximate surface area is 245 Å². The Hall–Kier alpha value is -4.01. The second-order valence-corrected chi connectivity index (χ2v) is 12.1. The number of amides is 2. The van der Waals surface area contributed by atoms with Gasteiger partial charge >= 0.3 is 18.4 Å². The molecule has 1 N–H and O–H groups in total. The normalized spacial score (nSPS) is 17.4. The van der Waals surface area contributed by atoms with Crippen LogP contribution in [0.3, 0.4) is 0 Å². The molecule has 0 atom stereocenters. The van der Waals surface area contributed by atoms with Crippen molar-refractivity contribution in [3.05, 3.63) is 69.8 Å². The zero-order valence-corrected chi connectivity index (χ0v) is 23.8. The van der Waals surface area contributed by atoms with Gasteiger partial charge in [0.05, 0.1) is 40.3 Å². The third-order valence-electron chi connectivity index (χ3n) is 6.51. The number of rotatable bonds is 4. The van der Waals surface area contributed by atoms with Gasteiger partial charge in [-0.15, -0.1) is 0 Å². The lowest BCUT2D eigenvalue weighted by Crippen LogP contribution is -2.60. The van der Waals surface area contributed by atoms with Crippen molar-refractivity contribution in [1.29, 1.82) is 0 Å². The van der Waals surface area contributed by atoms with E-state index in [1.807, 2.05) is 4.90 Å². The third-order valence-corrected chi connectivity index (χ3v) is 7.55. The Morgan fingerprint density at radius 1 is 1.07 bits per heavy atom. The van der Waals surface area contributed by atoms with Crippen LogP contribution >= 0.6 is 11.8 Å². The van der Waals surface area contributed by atoms with Gasteiger partial charge in [-0.3, -0.25) is 9.48 Å². The number of thioether (sulfide) groups is 1. The molecule has 1 fully saturated rings. The summed E-state index contributed by atoms with van der Waals surface area (Å²) in [4.78, 5) is 30.8. The van der Waals surface area contributed by atoms with Crippen LogP contribution in [0.25, 0.3) is 17.0 Å². The minimum absolute atomic E-state index is 0.107. The highest BCUT2D eigenvalue weighted by Crippen LogP contribution is 2.38. The molecule has 3 heterocycles. The number of fused-ring (bicyclic) bond motifs is 1. The van der Waals surface area contributed by atoms with Crippen molar-refractivity contribution < 1.29 is 40.7 Å². The molecule has 43 heavy (non-hydrogen) atoms. The topological polar surface area (TPSA) is 88.8 Å². The molecule has 228 valence electrons. The summed E-state index contributed by atoms with van der Waals surface area (Å²) in [6.07, 6.45) is -7.36. The van der Waals surface area contributed by atoms with Crippen LogP contribution in [0.2, 0.25) is 0 Å². The van der Waals surface area contributed by atoms with Gasteiger partial charge in [0.1, 0.15) is 5.60 Å². The van der Waals surface area contributed by atoms with E-state index in [1.165, 1.54) is 22.6 Å². The number of aliphatic imine (C=N–C) groups is 1. The maximum atomic E-state index is 13.6. The van der Waals surface area contributed by atoms with Crippen molar-refractivity contribution in [2.45, 2.75) is 51.3 Å². The highest BCUT2D eigenvalue weighted by Gasteiger charge is 2.38. The SMILES string of the molecule is CC(C)(C)OC(=O)NC1CN(C2=NC(=O)C(=Cc3ccc4c(cnn4Cc4ccc(C(F)(F)F)cc4C(F)(F)F)c3)S2)C1. The van der Waals surface area contributed by atoms with Crippen LogP contribution in [0.5, 0.6) is 0 Å². The summed E-state index contributed by atoms with van der Waals surface area (Å²) in [6.45, 7) is 5.83. The average molecular weight is 626 g/mol. The maximum absolute atomic E-state index is 13.6. The lowest BCUT2D eigenvalue weighted by atomic mass is 10.0. The van der Waals surface area contributed by atoms with E-state index >= 15 is 0 Å². The number of carbonyl (C=O) groups excluding carboxylic acids is 2. The first-order chi connectivity index (χ1) is 20.0. The number of aromatic nitrogens is 2. The Kier molecular flexibility index (Phi) is 7.73. The van der Waals surface area contributed by atoms with Gasteiger partial charge in [0.25, 0.3) is 5.91 Å². The van der Waals surface area contributed by atoms with Crippen LogP contribution in [0.4, 0.5) is 31.1 Å². The van der Waals surface area contributed by atoms with Crippen molar-refractivity contribution in [3.63, 3.8) is 0 Å². The molecule has 1 aromatic heterocycles. The molecule has 15 heteroatoms. The predicted octanol–water partition coefficient (Wildman–Crippen LogP) is 6.30. The van der Waals surface area contributed by atoms with Gasteiger partial charge in [-0.25, -0.2) is 4.79 Å². The van der Waals surface area contributed by atoms with Crippen LogP contribution in [0.1, 0.15) is 43.0 Å².